The highest BCUT2D eigenvalue weighted by atomic mass is 16.9. The number of ether oxygens (including phenoxy) is 4. The summed E-state index contributed by atoms with van der Waals surface area (Å²) in [7, 11) is 0. The molecule has 0 radical (unpaired) electrons. The number of hydrogen-bond donors (Lipinski definition) is 0. The summed E-state index contributed by atoms with van der Waals surface area (Å²) >= 11 is 0. The van der Waals surface area contributed by atoms with Gasteiger partial charge in [-0.1, -0.05) is 75.4 Å². The molecule has 2 saturated heterocycles. The van der Waals surface area contributed by atoms with Gasteiger partial charge in [0.2, 0.25) is 0 Å². The van der Waals surface area contributed by atoms with E-state index in [1.807, 2.05) is 0 Å². The van der Waals surface area contributed by atoms with Crippen LogP contribution in [0.4, 0.5) is 0 Å². The first kappa shape index (κ1) is 25.2. The third-order valence-corrected chi connectivity index (χ3v) is 7.01. The number of benzene rings is 2. The fourth-order valence-corrected chi connectivity index (χ4v) is 4.81. The van der Waals surface area contributed by atoms with E-state index in [2.05, 4.69) is 55.5 Å². The topological polar surface area (TPSA) is 36.9 Å². The minimum Gasteiger partial charge on any atom is -0.494 e. The quantitative estimate of drug-likeness (QED) is 0.286. The summed E-state index contributed by atoms with van der Waals surface area (Å²) in [5.41, 5.74) is 3.94. The molecule has 2 aromatic carbocycles. The van der Waals surface area contributed by atoms with Crippen LogP contribution in [-0.2, 0) is 20.6 Å². The van der Waals surface area contributed by atoms with Crippen molar-refractivity contribution in [2.45, 2.75) is 83.5 Å². The van der Waals surface area contributed by atoms with Crippen LogP contribution in [0.5, 0.6) is 5.75 Å². The molecule has 2 aromatic rings. The van der Waals surface area contributed by atoms with E-state index in [9.17, 15) is 0 Å². The van der Waals surface area contributed by atoms with E-state index in [0.29, 0.717) is 5.92 Å². The zero-order chi connectivity index (χ0) is 23.5. The smallest absolute Gasteiger partial charge is 0.282 e. The van der Waals surface area contributed by atoms with Gasteiger partial charge in [0.25, 0.3) is 5.97 Å². The van der Waals surface area contributed by atoms with Crippen molar-refractivity contribution in [2.24, 2.45) is 5.92 Å². The summed E-state index contributed by atoms with van der Waals surface area (Å²) in [6.07, 6.45) is 12.9. The Balaban J connectivity index is 1.04. The van der Waals surface area contributed by atoms with Crippen LogP contribution in [0.1, 0.15) is 76.7 Å². The highest BCUT2D eigenvalue weighted by Gasteiger charge is 2.41. The van der Waals surface area contributed by atoms with Crippen LogP contribution < -0.4 is 4.74 Å². The van der Waals surface area contributed by atoms with Crippen molar-refractivity contribution in [3.05, 3.63) is 54.1 Å². The molecule has 1 spiro atoms. The summed E-state index contributed by atoms with van der Waals surface area (Å²) in [6, 6.07) is 17.5. The van der Waals surface area contributed by atoms with Gasteiger partial charge in [0.15, 0.2) is 0 Å². The molecule has 0 bridgehead atoms. The predicted octanol–water partition coefficient (Wildman–Crippen LogP) is 7.54. The summed E-state index contributed by atoms with van der Waals surface area (Å²) in [5.74, 6) is 0.779. The Morgan fingerprint density at radius 2 is 1.47 bits per heavy atom. The van der Waals surface area contributed by atoms with Crippen molar-refractivity contribution < 1.29 is 18.9 Å². The summed E-state index contributed by atoms with van der Waals surface area (Å²) in [5, 5.41) is 0. The lowest BCUT2D eigenvalue weighted by molar-refractivity contribution is -0.390. The molecule has 2 aliphatic rings. The predicted molar refractivity (Wildman–Crippen MR) is 137 cm³/mol. The van der Waals surface area contributed by atoms with Crippen LogP contribution in [0.2, 0.25) is 0 Å². The number of aryl methyl sites for hydroxylation is 1. The van der Waals surface area contributed by atoms with Gasteiger partial charge in [-0.3, -0.25) is 0 Å². The maximum Gasteiger partial charge on any atom is 0.282 e. The van der Waals surface area contributed by atoms with Gasteiger partial charge >= 0.3 is 0 Å². The standard InChI is InChI=1S/C30H42O4/c1-2-3-10-25-12-14-27(15-13-25)28-16-18-29(19-17-28)31-21-8-6-4-5-7-11-26-23-33-30(34-24-26)20-9-22-32-30/h12-19,26H,2-11,20-24H2,1H3. The number of hydrogen-bond acceptors (Lipinski definition) is 4. The first-order valence-corrected chi connectivity index (χ1v) is 13.5. The first-order chi connectivity index (χ1) is 16.8. The normalized spacial score (nSPS) is 22.3. The molecule has 2 fully saturated rings. The maximum absolute atomic E-state index is 5.96. The molecule has 0 unspecified atom stereocenters. The molecule has 2 aliphatic heterocycles. The molecule has 0 amide bonds. The first-order valence-electron chi connectivity index (χ1n) is 13.5. The summed E-state index contributed by atoms with van der Waals surface area (Å²) in [6.45, 7) is 5.34. The molecule has 186 valence electrons. The van der Waals surface area contributed by atoms with Gasteiger partial charge in [-0.15, -0.1) is 0 Å². The maximum atomic E-state index is 5.96. The van der Waals surface area contributed by atoms with E-state index in [0.717, 1.165) is 51.4 Å². The van der Waals surface area contributed by atoms with E-state index < -0.39 is 5.97 Å². The second-order valence-corrected chi connectivity index (χ2v) is 9.85. The molecule has 4 nitrogen and oxygen atoms in total. The molecule has 0 saturated carbocycles. The molecule has 0 atom stereocenters. The molecule has 0 aliphatic carbocycles. The lowest BCUT2D eigenvalue weighted by atomic mass is 10.0. The fraction of sp³-hybridized carbons (Fsp3) is 0.600. The monoisotopic (exact) mass is 466 g/mol. The SMILES string of the molecule is CCCCc1ccc(-c2ccc(OCCCCCCCC3COC4(CCCO4)OC3)cc2)cc1. The van der Waals surface area contributed by atoms with E-state index in [1.165, 1.54) is 68.1 Å². The Hall–Kier alpha value is -1.88. The van der Waals surface area contributed by atoms with Crippen LogP contribution in [0.15, 0.2) is 48.5 Å². The third-order valence-electron chi connectivity index (χ3n) is 7.01. The largest absolute Gasteiger partial charge is 0.494 e. The van der Waals surface area contributed by atoms with Crippen molar-refractivity contribution in [2.75, 3.05) is 26.4 Å². The molecule has 0 N–H and O–H groups in total. The lowest BCUT2D eigenvalue weighted by Gasteiger charge is -2.36. The average Bonchev–Trinajstić information content (AvgIpc) is 3.34. The van der Waals surface area contributed by atoms with Gasteiger partial charge in [0.1, 0.15) is 5.75 Å². The zero-order valence-corrected chi connectivity index (χ0v) is 20.9. The van der Waals surface area contributed by atoms with Crippen molar-refractivity contribution in [1.82, 2.24) is 0 Å². The van der Waals surface area contributed by atoms with Crippen molar-refractivity contribution in [1.29, 1.82) is 0 Å². The Bertz CT molecular complexity index is 814. The molecular weight excluding hydrogens is 424 g/mol. The average molecular weight is 467 g/mol. The van der Waals surface area contributed by atoms with Crippen LogP contribution in [0, 0.1) is 5.92 Å². The lowest BCUT2D eigenvalue weighted by Crippen LogP contribution is -2.43. The Labute approximate surface area is 205 Å². The van der Waals surface area contributed by atoms with Gasteiger partial charge in [0, 0.05) is 12.3 Å². The van der Waals surface area contributed by atoms with E-state index in [1.54, 1.807) is 0 Å². The van der Waals surface area contributed by atoms with Gasteiger partial charge in [-0.05, 0) is 60.9 Å². The molecule has 2 heterocycles. The molecular formula is C30H42O4. The minimum absolute atomic E-state index is 0.514. The van der Waals surface area contributed by atoms with E-state index in [4.69, 9.17) is 18.9 Å². The van der Waals surface area contributed by atoms with Crippen LogP contribution in [0.25, 0.3) is 11.1 Å². The van der Waals surface area contributed by atoms with Crippen LogP contribution in [0.3, 0.4) is 0 Å². The molecule has 4 heteroatoms. The fourth-order valence-electron chi connectivity index (χ4n) is 4.81. The van der Waals surface area contributed by atoms with E-state index >= 15 is 0 Å². The van der Waals surface area contributed by atoms with Crippen LogP contribution >= 0.6 is 0 Å². The summed E-state index contributed by atoms with van der Waals surface area (Å²) < 4.78 is 23.3. The van der Waals surface area contributed by atoms with E-state index in [-0.39, 0.29) is 0 Å². The minimum atomic E-state index is -0.698. The highest BCUT2D eigenvalue weighted by Crippen LogP contribution is 2.33. The van der Waals surface area contributed by atoms with Crippen molar-refractivity contribution in [3.8, 4) is 16.9 Å². The zero-order valence-electron chi connectivity index (χ0n) is 20.9. The molecule has 34 heavy (non-hydrogen) atoms. The van der Waals surface area contributed by atoms with Gasteiger partial charge < -0.3 is 18.9 Å². The molecule has 4 rings (SSSR count). The molecule has 0 aromatic heterocycles. The highest BCUT2D eigenvalue weighted by molar-refractivity contribution is 5.64. The van der Waals surface area contributed by atoms with Crippen molar-refractivity contribution >= 4 is 0 Å². The second-order valence-electron chi connectivity index (χ2n) is 9.85. The van der Waals surface area contributed by atoms with Gasteiger partial charge in [-0.25, -0.2) is 0 Å². The Morgan fingerprint density at radius 3 is 2.15 bits per heavy atom. The third kappa shape index (κ3) is 7.56. The van der Waals surface area contributed by atoms with Crippen LogP contribution in [-0.4, -0.2) is 32.4 Å². The van der Waals surface area contributed by atoms with Gasteiger partial charge in [-0.2, -0.15) is 0 Å². The Kier molecular flexibility index (Phi) is 9.85. The van der Waals surface area contributed by atoms with Crippen molar-refractivity contribution in [3.63, 3.8) is 0 Å². The second kappa shape index (κ2) is 13.3. The number of unbranched alkanes of at least 4 members (excludes halogenated alkanes) is 5. The Morgan fingerprint density at radius 1 is 0.794 bits per heavy atom. The number of rotatable bonds is 13. The van der Waals surface area contributed by atoms with Gasteiger partial charge in [0.05, 0.1) is 26.4 Å². The summed E-state index contributed by atoms with van der Waals surface area (Å²) in [4.78, 5) is 0.